The summed E-state index contributed by atoms with van der Waals surface area (Å²) in [5.41, 5.74) is 3.28. The van der Waals surface area contributed by atoms with Crippen molar-refractivity contribution in [3.8, 4) is 0 Å². The van der Waals surface area contributed by atoms with E-state index in [0.717, 1.165) is 38.3 Å². The lowest BCUT2D eigenvalue weighted by atomic mass is 10.1. The van der Waals surface area contributed by atoms with Crippen molar-refractivity contribution in [2.24, 2.45) is 0 Å². The van der Waals surface area contributed by atoms with Crippen LogP contribution in [0.25, 0.3) is 10.2 Å². The van der Waals surface area contributed by atoms with Crippen LogP contribution in [-0.4, -0.2) is 14.5 Å². The Bertz CT molecular complexity index is 895. The van der Waals surface area contributed by atoms with Crippen molar-refractivity contribution in [3.05, 3.63) is 56.7 Å². The van der Waals surface area contributed by atoms with Crippen LogP contribution in [0.5, 0.6) is 0 Å². The van der Waals surface area contributed by atoms with Gasteiger partial charge < -0.3 is 0 Å². The molecule has 0 N–H and O–H groups in total. The molecule has 0 aliphatic heterocycles. The summed E-state index contributed by atoms with van der Waals surface area (Å²) in [6, 6.07) is 4.00. The van der Waals surface area contributed by atoms with Crippen LogP contribution >= 0.6 is 11.3 Å². The Labute approximate surface area is 133 Å². The number of nitrogens with zero attached hydrogens (tertiary/aromatic N) is 3. The minimum Gasteiger partial charge on any atom is -0.295 e. The number of fused-ring (bicyclic) bond motifs is 1. The van der Waals surface area contributed by atoms with E-state index in [1.54, 1.807) is 28.4 Å². The normalized spacial score (nSPS) is 12.7. The van der Waals surface area contributed by atoms with Crippen molar-refractivity contribution in [2.75, 3.05) is 0 Å². The molecule has 0 fully saturated rings. The quantitative estimate of drug-likeness (QED) is 0.742. The van der Waals surface area contributed by atoms with Gasteiger partial charge in [0, 0.05) is 29.2 Å². The lowest BCUT2D eigenvalue weighted by Gasteiger charge is -2.15. The Morgan fingerprint density at radius 2 is 2.05 bits per heavy atom. The molecule has 0 bridgehead atoms. The third kappa shape index (κ3) is 2.46. The average molecular weight is 313 g/mol. The van der Waals surface area contributed by atoms with E-state index in [2.05, 4.69) is 9.97 Å². The largest absolute Gasteiger partial charge is 0.295 e. The van der Waals surface area contributed by atoms with E-state index in [0.29, 0.717) is 0 Å². The second-order valence-corrected chi connectivity index (χ2v) is 6.94. The van der Waals surface area contributed by atoms with Gasteiger partial charge in [-0.25, -0.2) is 4.98 Å². The molecule has 5 heteroatoms. The number of pyridine rings is 1. The highest BCUT2D eigenvalue weighted by Crippen LogP contribution is 2.26. The number of rotatable bonds is 3. The maximum Gasteiger partial charge on any atom is 0.262 e. The van der Waals surface area contributed by atoms with Gasteiger partial charge >= 0.3 is 0 Å². The molecule has 114 valence electrons. The van der Waals surface area contributed by atoms with E-state index < -0.39 is 0 Å². The van der Waals surface area contributed by atoms with Crippen molar-refractivity contribution >= 4 is 21.6 Å². The molecular weight excluding hydrogens is 294 g/mol. The molecule has 0 spiro atoms. The van der Waals surface area contributed by atoms with Gasteiger partial charge in [-0.2, -0.15) is 0 Å². The molecule has 3 heterocycles. The molecule has 1 atom stereocenters. The molecule has 0 saturated carbocycles. The maximum atomic E-state index is 12.8. The van der Waals surface area contributed by atoms with Crippen molar-refractivity contribution < 1.29 is 0 Å². The zero-order valence-corrected chi connectivity index (χ0v) is 14.1. The minimum absolute atomic E-state index is 0.0256. The molecule has 3 rings (SSSR count). The Balaban J connectivity index is 2.03. The second kappa shape index (κ2) is 5.65. The SMILES string of the molecule is Cc1cccnc1CC(C)n1cnc2sc(C)c(C)c2c1=O. The molecule has 0 aromatic carbocycles. The summed E-state index contributed by atoms with van der Waals surface area (Å²) in [4.78, 5) is 23.7. The van der Waals surface area contributed by atoms with Crippen LogP contribution in [0.4, 0.5) is 0 Å². The molecule has 0 aliphatic rings. The van der Waals surface area contributed by atoms with Gasteiger partial charge in [-0.3, -0.25) is 14.3 Å². The molecule has 4 nitrogen and oxygen atoms in total. The van der Waals surface area contributed by atoms with E-state index >= 15 is 0 Å². The third-order valence-corrected chi connectivity index (χ3v) is 5.31. The first kappa shape index (κ1) is 14.9. The average Bonchev–Trinajstić information content (AvgIpc) is 2.77. The van der Waals surface area contributed by atoms with Crippen molar-refractivity contribution in [1.29, 1.82) is 0 Å². The summed E-state index contributed by atoms with van der Waals surface area (Å²) in [6.45, 7) is 8.12. The number of thiophene rings is 1. The van der Waals surface area contributed by atoms with E-state index in [4.69, 9.17) is 0 Å². The van der Waals surface area contributed by atoms with E-state index in [9.17, 15) is 4.79 Å². The summed E-state index contributed by atoms with van der Waals surface area (Å²) in [5.74, 6) is 0. The fourth-order valence-electron chi connectivity index (χ4n) is 2.67. The van der Waals surface area contributed by atoms with Gasteiger partial charge in [0.1, 0.15) is 4.83 Å². The Morgan fingerprint density at radius 1 is 1.27 bits per heavy atom. The number of aryl methyl sites for hydroxylation is 3. The molecule has 0 amide bonds. The zero-order chi connectivity index (χ0) is 15.9. The number of hydrogen-bond donors (Lipinski definition) is 0. The Kier molecular flexibility index (Phi) is 3.83. The molecule has 0 radical (unpaired) electrons. The van der Waals surface area contributed by atoms with Crippen LogP contribution in [0.1, 0.15) is 34.7 Å². The van der Waals surface area contributed by atoms with Crippen LogP contribution in [0.2, 0.25) is 0 Å². The van der Waals surface area contributed by atoms with Gasteiger partial charge in [0.15, 0.2) is 0 Å². The molecule has 3 aromatic heterocycles. The first-order valence-corrected chi connectivity index (χ1v) is 8.18. The highest BCUT2D eigenvalue weighted by Gasteiger charge is 2.16. The summed E-state index contributed by atoms with van der Waals surface area (Å²) >= 11 is 1.58. The van der Waals surface area contributed by atoms with Crippen LogP contribution in [0, 0.1) is 20.8 Å². The molecule has 0 aliphatic carbocycles. The molecule has 1 unspecified atom stereocenters. The van der Waals surface area contributed by atoms with Gasteiger partial charge in [0.2, 0.25) is 0 Å². The smallest absolute Gasteiger partial charge is 0.262 e. The van der Waals surface area contributed by atoms with Crippen LogP contribution in [0.15, 0.2) is 29.5 Å². The van der Waals surface area contributed by atoms with Crippen LogP contribution in [0.3, 0.4) is 0 Å². The highest BCUT2D eigenvalue weighted by molar-refractivity contribution is 7.18. The highest BCUT2D eigenvalue weighted by atomic mass is 32.1. The van der Waals surface area contributed by atoms with Gasteiger partial charge in [-0.1, -0.05) is 6.07 Å². The van der Waals surface area contributed by atoms with Crippen LogP contribution in [-0.2, 0) is 6.42 Å². The topological polar surface area (TPSA) is 47.8 Å². The van der Waals surface area contributed by atoms with Crippen LogP contribution < -0.4 is 5.56 Å². The van der Waals surface area contributed by atoms with E-state index in [1.807, 2.05) is 39.8 Å². The number of hydrogen-bond acceptors (Lipinski definition) is 4. The molecule has 0 saturated heterocycles. The van der Waals surface area contributed by atoms with Gasteiger partial charge in [0.25, 0.3) is 5.56 Å². The van der Waals surface area contributed by atoms with Gasteiger partial charge in [-0.15, -0.1) is 11.3 Å². The lowest BCUT2D eigenvalue weighted by Crippen LogP contribution is -2.25. The Morgan fingerprint density at radius 3 is 2.77 bits per heavy atom. The first-order valence-electron chi connectivity index (χ1n) is 7.36. The van der Waals surface area contributed by atoms with E-state index in [1.165, 1.54) is 0 Å². The zero-order valence-electron chi connectivity index (χ0n) is 13.3. The summed E-state index contributed by atoms with van der Waals surface area (Å²) in [5, 5.41) is 0.759. The fourth-order valence-corrected chi connectivity index (χ4v) is 3.66. The molecule has 22 heavy (non-hydrogen) atoms. The minimum atomic E-state index is 0.0256. The van der Waals surface area contributed by atoms with Gasteiger partial charge in [-0.05, 0) is 44.9 Å². The van der Waals surface area contributed by atoms with Crippen molar-refractivity contribution in [3.63, 3.8) is 0 Å². The predicted octanol–water partition coefficient (Wildman–Crippen LogP) is 3.58. The summed E-state index contributed by atoms with van der Waals surface area (Å²) in [6.07, 6.45) is 4.19. The molecule has 3 aromatic rings. The first-order chi connectivity index (χ1) is 10.5. The lowest BCUT2D eigenvalue weighted by molar-refractivity contribution is 0.516. The third-order valence-electron chi connectivity index (χ3n) is 4.20. The predicted molar refractivity (Wildman–Crippen MR) is 90.7 cm³/mol. The fraction of sp³-hybridized carbons (Fsp3) is 0.353. The Hall–Kier alpha value is -2.01. The second-order valence-electron chi connectivity index (χ2n) is 5.74. The maximum absolute atomic E-state index is 12.8. The summed E-state index contributed by atoms with van der Waals surface area (Å²) in [7, 11) is 0. The van der Waals surface area contributed by atoms with E-state index in [-0.39, 0.29) is 11.6 Å². The van der Waals surface area contributed by atoms with Crippen molar-refractivity contribution in [1.82, 2.24) is 14.5 Å². The standard InChI is InChI=1S/C17H19N3OS/c1-10-6-5-7-18-14(10)8-11(2)20-9-19-16-15(17(20)21)12(3)13(4)22-16/h5-7,9,11H,8H2,1-4H3. The summed E-state index contributed by atoms with van der Waals surface area (Å²) < 4.78 is 1.73. The molecular formula is C17H19N3OS. The monoisotopic (exact) mass is 313 g/mol. The van der Waals surface area contributed by atoms with Gasteiger partial charge in [0.05, 0.1) is 11.7 Å². The van der Waals surface area contributed by atoms with Crippen molar-refractivity contribution in [2.45, 2.75) is 40.2 Å². The number of aromatic nitrogens is 3.